The molecule has 0 fully saturated rings. The highest BCUT2D eigenvalue weighted by Gasteiger charge is 1.99. The van der Waals surface area contributed by atoms with E-state index in [9.17, 15) is 0 Å². The molecule has 1 nitrogen and oxygen atoms in total. The van der Waals surface area contributed by atoms with E-state index in [2.05, 4.69) is 26.5 Å². The predicted octanol–water partition coefficient (Wildman–Crippen LogP) is 2.67. The maximum Gasteiger partial charge on any atom is 0.0719 e. The van der Waals surface area contributed by atoms with Gasteiger partial charge < -0.3 is 5.11 Å². The molecule has 0 radical (unpaired) electrons. The van der Waals surface area contributed by atoms with Crippen LogP contribution in [0.4, 0.5) is 0 Å². The van der Waals surface area contributed by atoms with Gasteiger partial charge in [0.25, 0.3) is 0 Å². The van der Waals surface area contributed by atoms with Crippen LogP contribution < -0.4 is 0 Å². The lowest BCUT2D eigenvalue weighted by Gasteiger charge is -2.05. The first kappa shape index (κ1) is 10.4. The summed E-state index contributed by atoms with van der Waals surface area (Å²) < 4.78 is 0. The van der Waals surface area contributed by atoms with Gasteiger partial charge in [0, 0.05) is 0 Å². The zero-order chi connectivity index (χ0) is 8.85. The first-order chi connectivity index (χ1) is 5.04. The van der Waals surface area contributed by atoms with E-state index in [0.717, 1.165) is 18.4 Å². The summed E-state index contributed by atoms with van der Waals surface area (Å²) in [5, 5.41) is 9.07. The summed E-state index contributed by atoms with van der Waals surface area (Å²) in [7, 11) is 0. The van der Waals surface area contributed by atoms with Gasteiger partial charge in [0.15, 0.2) is 0 Å². The van der Waals surface area contributed by atoms with Gasteiger partial charge in [-0.3, -0.25) is 0 Å². The van der Waals surface area contributed by atoms with E-state index in [1.807, 2.05) is 0 Å². The zero-order valence-corrected chi connectivity index (χ0v) is 7.72. The fourth-order valence-corrected chi connectivity index (χ4v) is 0.755. The van der Waals surface area contributed by atoms with Crippen LogP contribution in [0.15, 0.2) is 23.8 Å². The van der Waals surface area contributed by atoms with Crippen LogP contribution in [-0.4, -0.2) is 11.2 Å². The molecule has 0 bridgehead atoms. The molecule has 1 heteroatoms. The predicted molar refractivity (Wildman–Crippen MR) is 49.5 cm³/mol. The molecule has 0 aliphatic heterocycles. The van der Waals surface area contributed by atoms with E-state index >= 15 is 0 Å². The molecule has 0 aromatic heterocycles. The van der Waals surface area contributed by atoms with E-state index in [0.29, 0.717) is 0 Å². The van der Waals surface area contributed by atoms with Gasteiger partial charge in [-0.1, -0.05) is 18.2 Å². The Bertz CT molecular complexity index is 150. The summed E-state index contributed by atoms with van der Waals surface area (Å²) in [6.07, 6.45) is 3.68. The fraction of sp³-hybridized carbons (Fsp3) is 0.600. The summed E-state index contributed by atoms with van der Waals surface area (Å²) in [6.45, 7) is 9.68. The van der Waals surface area contributed by atoms with Gasteiger partial charge in [0.05, 0.1) is 6.10 Å². The monoisotopic (exact) mass is 154 g/mol. The van der Waals surface area contributed by atoms with Crippen LogP contribution in [0.1, 0.15) is 33.6 Å². The minimum absolute atomic E-state index is 0.361. The number of hydrogen-bond donors (Lipinski definition) is 1. The van der Waals surface area contributed by atoms with Crippen molar-refractivity contribution in [2.45, 2.75) is 39.7 Å². The van der Waals surface area contributed by atoms with Crippen molar-refractivity contribution >= 4 is 0 Å². The molecule has 0 aromatic carbocycles. The molecule has 1 atom stereocenters. The molecule has 0 aromatic rings. The molecule has 0 saturated carbocycles. The number of aliphatic hydroxyl groups is 1. The highest BCUT2D eigenvalue weighted by Crippen LogP contribution is 2.08. The van der Waals surface area contributed by atoms with Crippen molar-refractivity contribution in [1.29, 1.82) is 0 Å². The van der Waals surface area contributed by atoms with Crippen molar-refractivity contribution in [3.63, 3.8) is 0 Å². The second-order valence-electron chi connectivity index (χ2n) is 3.15. The molecule has 0 unspecified atom stereocenters. The largest absolute Gasteiger partial charge is 0.389 e. The third-order valence-electron chi connectivity index (χ3n) is 1.61. The molecular weight excluding hydrogens is 136 g/mol. The summed E-state index contributed by atoms with van der Waals surface area (Å²) in [5.41, 5.74) is 2.24. The molecule has 0 spiro atoms. The van der Waals surface area contributed by atoms with E-state index in [1.165, 1.54) is 5.57 Å². The van der Waals surface area contributed by atoms with Gasteiger partial charge in [-0.25, -0.2) is 0 Å². The second kappa shape index (κ2) is 5.14. The standard InChI is InChI=1S/C10H18O/c1-8(2)6-5-7-9(3)10(4)11/h6,10-11H,3,5,7H2,1-2,4H3/t10-/m1/s1. The summed E-state index contributed by atoms with van der Waals surface area (Å²) >= 11 is 0. The van der Waals surface area contributed by atoms with Crippen LogP contribution in [0.5, 0.6) is 0 Å². The van der Waals surface area contributed by atoms with E-state index in [-0.39, 0.29) is 6.10 Å². The Morgan fingerprint density at radius 2 is 2.09 bits per heavy atom. The third-order valence-corrected chi connectivity index (χ3v) is 1.61. The van der Waals surface area contributed by atoms with Crippen LogP contribution in [0.2, 0.25) is 0 Å². The lowest BCUT2D eigenvalue weighted by Crippen LogP contribution is -2.02. The minimum atomic E-state index is -0.361. The molecule has 11 heavy (non-hydrogen) atoms. The molecule has 0 saturated heterocycles. The number of aliphatic hydroxyl groups excluding tert-OH is 1. The van der Waals surface area contributed by atoms with Crippen LogP contribution >= 0.6 is 0 Å². The van der Waals surface area contributed by atoms with Crippen molar-refractivity contribution in [2.75, 3.05) is 0 Å². The van der Waals surface area contributed by atoms with Gasteiger partial charge in [-0.15, -0.1) is 0 Å². The Morgan fingerprint density at radius 3 is 2.45 bits per heavy atom. The quantitative estimate of drug-likeness (QED) is 0.617. The molecule has 0 amide bonds. The smallest absolute Gasteiger partial charge is 0.0719 e. The zero-order valence-electron chi connectivity index (χ0n) is 7.72. The average molecular weight is 154 g/mol. The van der Waals surface area contributed by atoms with Crippen molar-refractivity contribution in [1.82, 2.24) is 0 Å². The van der Waals surface area contributed by atoms with Crippen LogP contribution in [0.25, 0.3) is 0 Å². The third kappa shape index (κ3) is 5.86. The Balaban J connectivity index is 3.56. The summed E-state index contributed by atoms with van der Waals surface area (Å²) in [6, 6.07) is 0. The van der Waals surface area contributed by atoms with Crippen molar-refractivity contribution in [3.05, 3.63) is 23.8 Å². The number of rotatable bonds is 4. The molecule has 0 rings (SSSR count). The van der Waals surface area contributed by atoms with Gasteiger partial charge in [-0.2, -0.15) is 0 Å². The summed E-state index contributed by atoms with van der Waals surface area (Å²) in [5.74, 6) is 0. The van der Waals surface area contributed by atoms with Crippen LogP contribution in [0, 0.1) is 0 Å². The molecule has 0 aliphatic rings. The van der Waals surface area contributed by atoms with Gasteiger partial charge >= 0.3 is 0 Å². The van der Waals surface area contributed by atoms with E-state index in [4.69, 9.17) is 5.11 Å². The maximum absolute atomic E-state index is 9.07. The van der Waals surface area contributed by atoms with Crippen LogP contribution in [-0.2, 0) is 0 Å². The lowest BCUT2D eigenvalue weighted by atomic mass is 10.1. The van der Waals surface area contributed by atoms with Gasteiger partial charge in [0.1, 0.15) is 0 Å². The average Bonchev–Trinajstić information content (AvgIpc) is 1.86. The normalized spacial score (nSPS) is 12.4. The lowest BCUT2D eigenvalue weighted by molar-refractivity contribution is 0.228. The van der Waals surface area contributed by atoms with Crippen molar-refractivity contribution in [2.24, 2.45) is 0 Å². The van der Waals surface area contributed by atoms with E-state index in [1.54, 1.807) is 6.92 Å². The Kier molecular flexibility index (Phi) is 4.88. The first-order valence-electron chi connectivity index (χ1n) is 4.03. The SMILES string of the molecule is C=C(CCC=C(C)C)[C@@H](C)O. The van der Waals surface area contributed by atoms with Crippen molar-refractivity contribution < 1.29 is 5.11 Å². The fourth-order valence-electron chi connectivity index (χ4n) is 0.755. The minimum Gasteiger partial charge on any atom is -0.389 e. The first-order valence-corrected chi connectivity index (χ1v) is 4.03. The summed E-state index contributed by atoms with van der Waals surface area (Å²) in [4.78, 5) is 0. The molecule has 0 aliphatic carbocycles. The second-order valence-corrected chi connectivity index (χ2v) is 3.15. The molecule has 0 heterocycles. The molecule has 64 valence electrons. The molecule has 1 N–H and O–H groups in total. The van der Waals surface area contributed by atoms with Gasteiger partial charge in [0.2, 0.25) is 0 Å². The van der Waals surface area contributed by atoms with E-state index < -0.39 is 0 Å². The topological polar surface area (TPSA) is 20.2 Å². The Hall–Kier alpha value is -0.560. The molecular formula is C10H18O. The highest BCUT2D eigenvalue weighted by molar-refractivity contribution is 5.03. The number of allylic oxidation sites excluding steroid dienone is 2. The van der Waals surface area contributed by atoms with Crippen molar-refractivity contribution in [3.8, 4) is 0 Å². The Labute approximate surface area is 69.4 Å². The van der Waals surface area contributed by atoms with Crippen LogP contribution in [0.3, 0.4) is 0 Å². The maximum atomic E-state index is 9.07. The highest BCUT2D eigenvalue weighted by atomic mass is 16.3. The number of hydrogen-bond acceptors (Lipinski definition) is 1. The Morgan fingerprint density at radius 1 is 1.55 bits per heavy atom. The van der Waals surface area contributed by atoms with Gasteiger partial charge in [-0.05, 0) is 39.2 Å².